The van der Waals surface area contributed by atoms with Gasteiger partial charge in [0.05, 0.1) is 6.61 Å². The Balaban J connectivity index is -0.000000377. The van der Waals surface area contributed by atoms with E-state index in [1.165, 1.54) is 0 Å². The Morgan fingerprint density at radius 1 is 1.16 bits per heavy atom. The summed E-state index contributed by atoms with van der Waals surface area (Å²) in [6.45, 7) is 1.98. The van der Waals surface area contributed by atoms with Crippen LogP contribution in [-0.2, 0) is 4.79 Å². The van der Waals surface area contributed by atoms with Crippen LogP contribution in [0.2, 0.25) is 0 Å². The molecule has 0 heterocycles. The highest BCUT2D eigenvalue weighted by Crippen LogP contribution is 2.04. The largest absolute Gasteiger partial charge is 0.479 e. The zero-order valence-corrected chi connectivity index (χ0v) is 14.5. The number of guanidine groups is 2. The lowest BCUT2D eigenvalue weighted by atomic mass is 10.0. The smallest absolute Gasteiger partial charge is 0.335 e. The standard InChI is InChI=1S/C6H15N5.C6H12O7.ClH/c1-2-3-4-10-6(9)11-5(7)8;7-1-2(8)3(9)4(10)5(11)6(12)13;/h2-4H2,1H3,(H6,7,8,9,10,11);2-5,7-11H,1H2,(H,12,13);1H/t;2-,3-,4+,5-;/m.1./s1. The summed E-state index contributed by atoms with van der Waals surface area (Å²) in [5, 5.41) is 70.9. The quantitative estimate of drug-likeness (QED) is 0.112. The summed E-state index contributed by atoms with van der Waals surface area (Å²) < 4.78 is 0. The first-order chi connectivity index (χ1) is 11.1. The van der Waals surface area contributed by atoms with Crippen LogP contribution in [0.5, 0.6) is 0 Å². The van der Waals surface area contributed by atoms with E-state index < -0.39 is 37.0 Å². The molecule has 0 aliphatic carbocycles. The number of aliphatic carboxylic acids is 1. The Hall–Kier alpha value is -1.70. The Morgan fingerprint density at radius 3 is 2.04 bits per heavy atom. The second-order valence-electron chi connectivity index (χ2n) is 4.71. The maximum atomic E-state index is 10.1. The summed E-state index contributed by atoms with van der Waals surface area (Å²) in [6, 6.07) is 0. The van der Waals surface area contributed by atoms with Crippen LogP contribution in [0.4, 0.5) is 0 Å². The molecule has 0 aromatic carbocycles. The van der Waals surface area contributed by atoms with Crippen molar-refractivity contribution in [1.29, 1.82) is 10.8 Å². The van der Waals surface area contributed by atoms with E-state index in [2.05, 4.69) is 17.6 Å². The molecule has 150 valence electrons. The maximum absolute atomic E-state index is 10.1. The average Bonchev–Trinajstić information content (AvgIpc) is 2.51. The highest BCUT2D eigenvalue weighted by Gasteiger charge is 2.33. The van der Waals surface area contributed by atoms with Gasteiger partial charge in [0.2, 0.25) is 0 Å². The van der Waals surface area contributed by atoms with Crippen molar-refractivity contribution in [3.8, 4) is 0 Å². The van der Waals surface area contributed by atoms with Gasteiger partial charge in [-0.15, -0.1) is 12.4 Å². The molecular weight excluding hydrogens is 362 g/mol. The molecule has 0 saturated carbocycles. The van der Waals surface area contributed by atoms with Gasteiger partial charge in [-0.1, -0.05) is 13.3 Å². The number of carboxylic acid groups (broad SMARTS) is 1. The zero-order valence-electron chi connectivity index (χ0n) is 13.7. The molecule has 0 radical (unpaired) electrons. The van der Waals surface area contributed by atoms with Gasteiger partial charge in [0.15, 0.2) is 18.0 Å². The van der Waals surface area contributed by atoms with Crippen LogP contribution in [-0.4, -0.2) is 86.1 Å². The van der Waals surface area contributed by atoms with Gasteiger partial charge in [-0.05, 0) is 6.42 Å². The molecule has 12 nitrogen and oxygen atoms in total. The molecule has 0 aromatic heterocycles. The highest BCUT2D eigenvalue weighted by atomic mass is 35.5. The predicted octanol–water partition coefficient (Wildman–Crippen LogP) is -3.28. The molecule has 0 rings (SSSR count). The number of nitrogens with one attached hydrogen (secondary N) is 4. The monoisotopic (exact) mass is 389 g/mol. The minimum atomic E-state index is -2.20. The predicted molar refractivity (Wildman–Crippen MR) is 91.7 cm³/mol. The molecule has 0 spiro atoms. The molecule has 0 bridgehead atoms. The number of rotatable bonds is 8. The fourth-order valence-electron chi connectivity index (χ4n) is 1.24. The molecule has 0 fully saturated rings. The number of unbranched alkanes of at least 4 members (excludes halogenated alkanes) is 1. The third-order valence-electron chi connectivity index (χ3n) is 2.60. The molecule has 0 amide bonds. The zero-order chi connectivity index (χ0) is 19.3. The molecule has 25 heavy (non-hydrogen) atoms. The van der Waals surface area contributed by atoms with Crippen molar-refractivity contribution in [3.05, 3.63) is 0 Å². The van der Waals surface area contributed by atoms with Crippen LogP contribution < -0.4 is 16.4 Å². The van der Waals surface area contributed by atoms with E-state index in [-0.39, 0.29) is 24.3 Å². The van der Waals surface area contributed by atoms with Crippen molar-refractivity contribution in [2.75, 3.05) is 13.2 Å². The summed E-state index contributed by atoms with van der Waals surface area (Å²) in [4.78, 5) is 10.1. The Labute approximate surface area is 151 Å². The van der Waals surface area contributed by atoms with Crippen molar-refractivity contribution in [2.45, 2.75) is 44.2 Å². The SMILES string of the molecule is CCCCNC(=N)NC(=N)N.Cl.O=C(O)[C@H](O)[C@@H](O)[C@H](O)[C@H](O)CO. The normalized spacial score (nSPS) is 14.5. The highest BCUT2D eigenvalue weighted by molar-refractivity contribution is 5.94. The van der Waals surface area contributed by atoms with E-state index in [1.807, 2.05) is 0 Å². The maximum Gasteiger partial charge on any atom is 0.335 e. The second kappa shape index (κ2) is 15.8. The fourth-order valence-corrected chi connectivity index (χ4v) is 1.24. The van der Waals surface area contributed by atoms with Crippen LogP contribution in [0.25, 0.3) is 0 Å². The van der Waals surface area contributed by atoms with E-state index >= 15 is 0 Å². The van der Waals surface area contributed by atoms with E-state index in [1.54, 1.807) is 0 Å². The molecule has 0 aliphatic heterocycles. The molecule has 0 unspecified atom stereocenters. The van der Waals surface area contributed by atoms with Gasteiger partial charge >= 0.3 is 5.97 Å². The van der Waals surface area contributed by atoms with Gasteiger partial charge in [0, 0.05) is 6.54 Å². The van der Waals surface area contributed by atoms with Crippen molar-refractivity contribution in [3.63, 3.8) is 0 Å². The Kier molecular flexibility index (Phi) is 17.8. The van der Waals surface area contributed by atoms with Gasteiger partial charge in [-0.25, -0.2) is 4.79 Å². The minimum absolute atomic E-state index is 0. The summed E-state index contributed by atoms with van der Waals surface area (Å²) >= 11 is 0. The van der Waals surface area contributed by atoms with Gasteiger partial charge in [0.25, 0.3) is 0 Å². The summed E-state index contributed by atoms with van der Waals surface area (Å²) in [5.74, 6) is -1.85. The first-order valence-electron chi connectivity index (χ1n) is 7.07. The van der Waals surface area contributed by atoms with Gasteiger partial charge in [-0.3, -0.25) is 16.1 Å². The number of aliphatic hydroxyl groups is 5. The van der Waals surface area contributed by atoms with Crippen molar-refractivity contribution < 1.29 is 35.4 Å². The molecule has 13 heteroatoms. The van der Waals surface area contributed by atoms with E-state index in [4.69, 9.17) is 47.2 Å². The summed E-state index contributed by atoms with van der Waals surface area (Å²) in [7, 11) is 0. The summed E-state index contributed by atoms with van der Waals surface area (Å²) in [5.41, 5.74) is 4.99. The first kappa shape index (κ1) is 28.1. The van der Waals surface area contributed by atoms with E-state index in [0.29, 0.717) is 0 Å². The van der Waals surface area contributed by atoms with Gasteiger partial charge < -0.3 is 41.7 Å². The van der Waals surface area contributed by atoms with Crippen molar-refractivity contribution in [2.24, 2.45) is 5.73 Å². The molecule has 0 saturated heterocycles. The van der Waals surface area contributed by atoms with Crippen LogP contribution in [0.3, 0.4) is 0 Å². The number of halogens is 1. The second-order valence-corrected chi connectivity index (χ2v) is 4.71. The number of carbonyl (C=O) groups is 1. The number of carboxylic acids is 1. The van der Waals surface area contributed by atoms with Crippen LogP contribution in [0.15, 0.2) is 0 Å². The van der Waals surface area contributed by atoms with E-state index in [0.717, 1.165) is 19.4 Å². The molecule has 4 atom stereocenters. The van der Waals surface area contributed by atoms with Crippen LogP contribution in [0.1, 0.15) is 19.8 Å². The topological polar surface area (TPSA) is 236 Å². The lowest BCUT2D eigenvalue weighted by molar-refractivity contribution is -0.164. The molecule has 12 N–H and O–H groups in total. The molecule has 0 aromatic rings. The fraction of sp³-hybridized carbons (Fsp3) is 0.750. The first-order valence-corrected chi connectivity index (χ1v) is 7.07. The third-order valence-corrected chi connectivity index (χ3v) is 2.60. The molecular formula is C12H28ClN5O7. The van der Waals surface area contributed by atoms with Gasteiger partial charge in [0.1, 0.15) is 18.3 Å². The number of hydrogen-bond acceptors (Lipinski definition) is 8. The lowest BCUT2D eigenvalue weighted by Crippen LogP contribution is -2.48. The van der Waals surface area contributed by atoms with Crippen LogP contribution >= 0.6 is 12.4 Å². The Bertz CT molecular complexity index is 402. The lowest BCUT2D eigenvalue weighted by Gasteiger charge is -2.23. The van der Waals surface area contributed by atoms with Crippen molar-refractivity contribution in [1.82, 2.24) is 10.6 Å². The number of nitrogens with two attached hydrogens (primary N) is 1. The van der Waals surface area contributed by atoms with Gasteiger partial charge in [-0.2, -0.15) is 0 Å². The minimum Gasteiger partial charge on any atom is -0.479 e. The van der Waals surface area contributed by atoms with Crippen LogP contribution in [0, 0.1) is 10.8 Å². The third kappa shape index (κ3) is 14.4. The summed E-state index contributed by atoms with van der Waals surface area (Å²) in [6.07, 6.45) is -5.74. The Morgan fingerprint density at radius 2 is 1.68 bits per heavy atom. The van der Waals surface area contributed by atoms with Crippen molar-refractivity contribution >= 4 is 30.3 Å². The number of aliphatic hydroxyl groups excluding tert-OH is 5. The number of hydrogen-bond donors (Lipinski definition) is 11. The molecule has 0 aliphatic rings. The van der Waals surface area contributed by atoms with E-state index in [9.17, 15) is 4.79 Å². The average molecular weight is 390 g/mol.